The van der Waals surface area contributed by atoms with Crippen LogP contribution >= 0.6 is 0 Å². The Morgan fingerprint density at radius 3 is 2.78 bits per heavy atom. The Kier molecular flexibility index (Phi) is 5.79. The van der Waals surface area contributed by atoms with Gasteiger partial charge in [0.25, 0.3) is 5.91 Å². The maximum absolute atomic E-state index is 12.1. The van der Waals surface area contributed by atoms with Crippen molar-refractivity contribution in [1.29, 1.82) is 0 Å². The van der Waals surface area contributed by atoms with Crippen LogP contribution in [0.3, 0.4) is 0 Å². The number of carbonyl (C=O) groups is 1. The summed E-state index contributed by atoms with van der Waals surface area (Å²) < 4.78 is 5.42. The molecule has 0 aliphatic rings. The van der Waals surface area contributed by atoms with E-state index in [4.69, 9.17) is 11.2 Å². The van der Waals surface area contributed by atoms with Crippen molar-refractivity contribution in [1.82, 2.24) is 5.32 Å². The van der Waals surface area contributed by atoms with E-state index in [1.807, 2.05) is 26.0 Å². The van der Waals surface area contributed by atoms with Gasteiger partial charge in [0.1, 0.15) is 5.75 Å². The molecule has 0 spiro atoms. The zero-order valence-corrected chi connectivity index (χ0v) is 10.9. The predicted molar refractivity (Wildman–Crippen MR) is 72.6 cm³/mol. The summed E-state index contributed by atoms with van der Waals surface area (Å²) in [4.78, 5) is 12.1. The molecule has 1 aromatic carbocycles. The monoisotopic (exact) mass is 245 g/mol. The predicted octanol–water partition coefficient (Wildman–Crippen LogP) is 2.62. The smallest absolute Gasteiger partial charge is 0.256 e. The quantitative estimate of drug-likeness (QED) is 0.782. The highest BCUT2D eigenvalue weighted by atomic mass is 16.5. The summed E-state index contributed by atoms with van der Waals surface area (Å²) in [5, 5.41) is 2.83. The molecule has 1 amide bonds. The van der Waals surface area contributed by atoms with Crippen LogP contribution in [-0.2, 0) is 0 Å². The average Bonchev–Trinajstić information content (AvgIpc) is 2.39. The van der Waals surface area contributed by atoms with E-state index < -0.39 is 0 Å². The van der Waals surface area contributed by atoms with Crippen LogP contribution in [0.15, 0.2) is 24.3 Å². The Morgan fingerprint density at radius 2 is 2.17 bits per heavy atom. The lowest BCUT2D eigenvalue weighted by molar-refractivity contribution is 0.0940. The molecule has 0 aromatic heterocycles. The summed E-state index contributed by atoms with van der Waals surface area (Å²) in [6.07, 6.45) is 7.10. The van der Waals surface area contributed by atoms with Gasteiger partial charge in [-0.1, -0.05) is 31.4 Å². The Bertz CT molecular complexity index is 434. The van der Waals surface area contributed by atoms with Gasteiger partial charge in [0, 0.05) is 0 Å². The maximum Gasteiger partial charge on any atom is 0.256 e. The van der Waals surface area contributed by atoms with Crippen LogP contribution in [0.2, 0.25) is 0 Å². The number of benzene rings is 1. The van der Waals surface area contributed by atoms with Crippen molar-refractivity contribution in [2.45, 2.75) is 32.7 Å². The third-order valence-corrected chi connectivity index (χ3v) is 2.52. The highest BCUT2D eigenvalue weighted by Crippen LogP contribution is 2.18. The highest BCUT2D eigenvalue weighted by molar-refractivity contribution is 5.97. The number of para-hydroxylation sites is 1. The van der Waals surface area contributed by atoms with E-state index in [0.29, 0.717) is 17.9 Å². The zero-order valence-electron chi connectivity index (χ0n) is 10.9. The number of nitrogens with one attached hydrogen (secondary N) is 1. The molecule has 3 heteroatoms. The fourth-order valence-corrected chi connectivity index (χ4v) is 1.66. The molecule has 0 aliphatic heterocycles. The fraction of sp³-hybridized carbons (Fsp3) is 0.400. The number of ether oxygens (including phenoxy) is 1. The molecule has 1 N–H and O–H groups in total. The SMILES string of the molecule is C#CC(CCC)NC(=O)c1ccccc1OCC. The number of carbonyl (C=O) groups excluding carboxylic acids is 1. The number of rotatable bonds is 6. The number of terminal acetylenes is 1. The Morgan fingerprint density at radius 1 is 1.44 bits per heavy atom. The number of amides is 1. The topological polar surface area (TPSA) is 38.3 Å². The van der Waals surface area contributed by atoms with Crippen molar-refractivity contribution < 1.29 is 9.53 Å². The largest absolute Gasteiger partial charge is 0.493 e. The normalized spacial score (nSPS) is 11.4. The third-order valence-electron chi connectivity index (χ3n) is 2.52. The first-order valence-electron chi connectivity index (χ1n) is 6.21. The Labute approximate surface area is 109 Å². The van der Waals surface area contributed by atoms with Gasteiger partial charge in [-0.25, -0.2) is 0 Å². The van der Waals surface area contributed by atoms with Gasteiger partial charge in [0.05, 0.1) is 18.2 Å². The van der Waals surface area contributed by atoms with Crippen molar-refractivity contribution >= 4 is 5.91 Å². The van der Waals surface area contributed by atoms with Crippen molar-refractivity contribution in [2.75, 3.05) is 6.61 Å². The summed E-state index contributed by atoms with van der Waals surface area (Å²) in [6, 6.07) is 6.94. The van der Waals surface area contributed by atoms with Crippen LogP contribution in [0.1, 0.15) is 37.0 Å². The van der Waals surface area contributed by atoms with Crippen LogP contribution in [-0.4, -0.2) is 18.6 Å². The first-order valence-corrected chi connectivity index (χ1v) is 6.21. The molecule has 1 atom stereocenters. The first-order chi connectivity index (χ1) is 8.72. The lowest BCUT2D eigenvalue weighted by Crippen LogP contribution is -2.33. The van der Waals surface area contributed by atoms with E-state index in [0.717, 1.165) is 12.8 Å². The van der Waals surface area contributed by atoms with E-state index in [2.05, 4.69) is 11.2 Å². The Hall–Kier alpha value is -1.95. The van der Waals surface area contributed by atoms with Gasteiger partial charge in [0.15, 0.2) is 0 Å². The zero-order chi connectivity index (χ0) is 13.4. The standard InChI is InChI=1S/C15H19NO2/c1-4-9-12(5-2)16-15(17)13-10-7-8-11-14(13)18-6-3/h2,7-8,10-12H,4,6,9H2,1,3H3,(H,16,17). The summed E-state index contributed by atoms with van der Waals surface area (Å²) in [5.74, 6) is 2.99. The molecule has 1 unspecified atom stereocenters. The third kappa shape index (κ3) is 3.81. The second-order valence-electron chi connectivity index (χ2n) is 3.91. The van der Waals surface area contributed by atoms with Crippen molar-refractivity contribution in [2.24, 2.45) is 0 Å². The molecule has 0 heterocycles. The van der Waals surface area contributed by atoms with Crippen molar-refractivity contribution in [3.63, 3.8) is 0 Å². The molecule has 0 radical (unpaired) electrons. The second-order valence-corrected chi connectivity index (χ2v) is 3.91. The molecule has 0 aliphatic carbocycles. The van der Waals surface area contributed by atoms with Gasteiger partial charge in [-0.15, -0.1) is 6.42 Å². The van der Waals surface area contributed by atoms with Crippen LogP contribution < -0.4 is 10.1 Å². The van der Waals surface area contributed by atoms with E-state index in [-0.39, 0.29) is 11.9 Å². The molecule has 18 heavy (non-hydrogen) atoms. The average molecular weight is 245 g/mol. The van der Waals surface area contributed by atoms with Gasteiger partial charge in [-0.3, -0.25) is 4.79 Å². The van der Waals surface area contributed by atoms with Crippen LogP contribution in [0.4, 0.5) is 0 Å². The molecular weight excluding hydrogens is 226 g/mol. The fourth-order valence-electron chi connectivity index (χ4n) is 1.66. The van der Waals surface area contributed by atoms with Crippen LogP contribution in [0.25, 0.3) is 0 Å². The molecule has 0 saturated carbocycles. The van der Waals surface area contributed by atoms with Crippen LogP contribution in [0, 0.1) is 12.3 Å². The first kappa shape index (κ1) is 14.1. The summed E-state index contributed by atoms with van der Waals surface area (Å²) in [7, 11) is 0. The summed E-state index contributed by atoms with van der Waals surface area (Å²) in [6.45, 7) is 4.44. The lowest BCUT2D eigenvalue weighted by atomic mass is 10.1. The van der Waals surface area contributed by atoms with E-state index in [1.165, 1.54) is 0 Å². The molecule has 3 nitrogen and oxygen atoms in total. The number of hydrogen-bond acceptors (Lipinski definition) is 2. The van der Waals surface area contributed by atoms with Gasteiger partial charge in [-0.2, -0.15) is 0 Å². The molecule has 0 bridgehead atoms. The molecule has 1 rings (SSSR count). The molecular formula is C15H19NO2. The summed E-state index contributed by atoms with van der Waals surface area (Å²) in [5.41, 5.74) is 0.524. The minimum atomic E-state index is -0.225. The lowest BCUT2D eigenvalue weighted by Gasteiger charge is -2.14. The van der Waals surface area contributed by atoms with Gasteiger partial charge >= 0.3 is 0 Å². The maximum atomic E-state index is 12.1. The molecule has 0 fully saturated rings. The van der Waals surface area contributed by atoms with Crippen LogP contribution in [0.5, 0.6) is 5.75 Å². The minimum Gasteiger partial charge on any atom is -0.493 e. The second kappa shape index (κ2) is 7.39. The van der Waals surface area contributed by atoms with Gasteiger partial charge in [-0.05, 0) is 25.5 Å². The number of hydrogen-bond donors (Lipinski definition) is 1. The highest BCUT2D eigenvalue weighted by Gasteiger charge is 2.14. The van der Waals surface area contributed by atoms with E-state index in [9.17, 15) is 4.79 Å². The minimum absolute atomic E-state index is 0.185. The molecule has 0 saturated heterocycles. The van der Waals surface area contributed by atoms with E-state index >= 15 is 0 Å². The van der Waals surface area contributed by atoms with Gasteiger partial charge in [0.2, 0.25) is 0 Å². The van der Waals surface area contributed by atoms with Crippen molar-refractivity contribution in [3.05, 3.63) is 29.8 Å². The molecule has 1 aromatic rings. The van der Waals surface area contributed by atoms with Gasteiger partial charge < -0.3 is 10.1 Å². The van der Waals surface area contributed by atoms with E-state index in [1.54, 1.807) is 12.1 Å². The van der Waals surface area contributed by atoms with Crippen molar-refractivity contribution in [3.8, 4) is 18.1 Å². The molecule has 96 valence electrons. The summed E-state index contributed by atoms with van der Waals surface area (Å²) >= 11 is 0. The Balaban J connectivity index is 2.80.